The number of aromatic nitrogens is 5. The molecule has 0 aromatic carbocycles. The molecule has 0 aliphatic heterocycles. The molecule has 0 amide bonds. The second kappa shape index (κ2) is 5.09. The average Bonchev–Trinajstić information content (AvgIpc) is 3.06. The highest BCUT2D eigenvalue weighted by molar-refractivity contribution is 5.77. The molecule has 0 spiro atoms. The van der Waals surface area contributed by atoms with Crippen molar-refractivity contribution in [3.05, 3.63) is 36.5 Å². The number of nitrogens with zero attached hydrogens (tertiary/aromatic N) is 4. The number of aromatic amines is 1. The highest BCUT2D eigenvalue weighted by atomic mass is 15.3. The lowest BCUT2D eigenvalue weighted by atomic mass is 10.3. The maximum absolute atomic E-state index is 4.49. The van der Waals surface area contributed by atoms with Crippen molar-refractivity contribution in [2.45, 2.75) is 19.9 Å². The number of nitrogens with one attached hydrogen (secondary N) is 2. The van der Waals surface area contributed by atoms with Gasteiger partial charge in [0.05, 0.1) is 0 Å². The predicted octanol–water partition coefficient (Wildman–Crippen LogP) is 1.83. The Hall–Kier alpha value is -2.37. The van der Waals surface area contributed by atoms with E-state index in [-0.39, 0.29) is 0 Å². The highest BCUT2D eigenvalue weighted by Gasteiger charge is 2.03. The fourth-order valence-corrected chi connectivity index (χ4v) is 2.07. The van der Waals surface area contributed by atoms with Gasteiger partial charge in [0.2, 0.25) is 0 Å². The van der Waals surface area contributed by atoms with Crippen LogP contribution < -0.4 is 5.32 Å². The summed E-state index contributed by atoms with van der Waals surface area (Å²) in [6, 6.07) is 6.05. The van der Waals surface area contributed by atoms with Crippen molar-refractivity contribution >= 4 is 16.9 Å². The molecule has 3 aromatic rings. The normalized spacial score (nSPS) is 11.0. The lowest BCUT2D eigenvalue weighted by molar-refractivity contribution is 0.697. The van der Waals surface area contributed by atoms with E-state index in [0.29, 0.717) is 0 Å². The molecule has 6 heteroatoms. The zero-order valence-electron chi connectivity index (χ0n) is 10.8. The summed E-state index contributed by atoms with van der Waals surface area (Å²) in [5, 5.41) is 12.4. The molecule has 3 heterocycles. The SMILES string of the molecule is CCn1cnnc1CCNc1ccc2cc[nH]c2n1. The van der Waals surface area contributed by atoms with Crippen molar-refractivity contribution in [3.8, 4) is 0 Å². The van der Waals surface area contributed by atoms with Gasteiger partial charge in [0.1, 0.15) is 23.6 Å². The first-order valence-corrected chi connectivity index (χ1v) is 6.41. The maximum Gasteiger partial charge on any atom is 0.139 e. The summed E-state index contributed by atoms with van der Waals surface area (Å²) >= 11 is 0. The molecule has 0 aliphatic rings. The van der Waals surface area contributed by atoms with Crippen LogP contribution in [-0.2, 0) is 13.0 Å². The summed E-state index contributed by atoms with van der Waals surface area (Å²) in [5.74, 6) is 1.87. The summed E-state index contributed by atoms with van der Waals surface area (Å²) in [6.45, 7) is 3.77. The molecule has 0 saturated carbocycles. The molecule has 6 nitrogen and oxygen atoms in total. The second-order valence-electron chi connectivity index (χ2n) is 4.32. The average molecular weight is 256 g/mol. The summed E-state index contributed by atoms with van der Waals surface area (Å²) in [4.78, 5) is 7.59. The largest absolute Gasteiger partial charge is 0.370 e. The summed E-state index contributed by atoms with van der Waals surface area (Å²) in [5.41, 5.74) is 0.904. The molecular formula is C13H16N6. The van der Waals surface area contributed by atoms with Gasteiger partial charge in [0.15, 0.2) is 0 Å². The molecular weight excluding hydrogens is 240 g/mol. The van der Waals surface area contributed by atoms with Gasteiger partial charge in [-0.1, -0.05) is 0 Å². The van der Waals surface area contributed by atoms with Crippen LogP contribution >= 0.6 is 0 Å². The van der Waals surface area contributed by atoms with Crippen LogP contribution in [0.15, 0.2) is 30.7 Å². The Bertz CT molecular complexity index is 668. The van der Waals surface area contributed by atoms with Crippen molar-refractivity contribution in [2.75, 3.05) is 11.9 Å². The van der Waals surface area contributed by atoms with Gasteiger partial charge in [0, 0.05) is 31.1 Å². The number of anilines is 1. The van der Waals surface area contributed by atoms with Gasteiger partial charge in [-0.25, -0.2) is 4.98 Å². The molecule has 98 valence electrons. The van der Waals surface area contributed by atoms with Crippen molar-refractivity contribution < 1.29 is 0 Å². The van der Waals surface area contributed by atoms with E-state index in [1.54, 1.807) is 6.33 Å². The van der Waals surface area contributed by atoms with E-state index >= 15 is 0 Å². The van der Waals surface area contributed by atoms with E-state index in [1.165, 1.54) is 0 Å². The fraction of sp³-hybridized carbons (Fsp3) is 0.308. The molecule has 19 heavy (non-hydrogen) atoms. The van der Waals surface area contributed by atoms with Crippen LogP contribution in [0.2, 0.25) is 0 Å². The van der Waals surface area contributed by atoms with Gasteiger partial charge in [-0.05, 0) is 25.1 Å². The van der Waals surface area contributed by atoms with Crippen molar-refractivity contribution in [1.29, 1.82) is 0 Å². The molecule has 3 aromatic heterocycles. The van der Waals surface area contributed by atoms with Crippen molar-refractivity contribution in [2.24, 2.45) is 0 Å². The van der Waals surface area contributed by atoms with E-state index < -0.39 is 0 Å². The van der Waals surface area contributed by atoms with Gasteiger partial charge >= 0.3 is 0 Å². The first-order chi connectivity index (χ1) is 9.36. The first-order valence-electron chi connectivity index (χ1n) is 6.41. The number of rotatable bonds is 5. The standard InChI is InChI=1S/C13H16N6/c1-2-19-9-16-18-12(19)6-8-14-11-4-3-10-5-7-15-13(10)17-11/h3-5,7,9H,2,6,8H2,1H3,(H2,14,15,17). The maximum atomic E-state index is 4.49. The van der Waals surface area contributed by atoms with Gasteiger partial charge in [0.25, 0.3) is 0 Å². The van der Waals surface area contributed by atoms with Gasteiger partial charge in [-0.2, -0.15) is 0 Å². The van der Waals surface area contributed by atoms with E-state index in [0.717, 1.165) is 42.2 Å². The second-order valence-corrected chi connectivity index (χ2v) is 4.32. The zero-order chi connectivity index (χ0) is 13.1. The van der Waals surface area contributed by atoms with Crippen LogP contribution in [0.5, 0.6) is 0 Å². The van der Waals surface area contributed by atoms with Crippen molar-refractivity contribution in [3.63, 3.8) is 0 Å². The third-order valence-electron chi connectivity index (χ3n) is 3.10. The van der Waals surface area contributed by atoms with Gasteiger partial charge in [-0.3, -0.25) is 0 Å². The Morgan fingerprint density at radius 1 is 1.32 bits per heavy atom. The Morgan fingerprint density at radius 3 is 3.16 bits per heavy atom. The number of aryl methyl sites for hydroxylation is 1. The zero-order valence-corrected chi connectivity index (χ0v) is 10.8. The Labute approximate surface area is 110 Å². The molecule has 3 rings (SSSR count). The summed E-state index contributed by atoms with van der Waals surface area (Å²) in [7, 11) is 0. The molecule has 0 atom stereocenters. The van der Waals surface area contributed by atoms with Crippen LogP contribution in [0.4, 0.5) is 5.82 Å². The molecule has 2 N–H and O–H groups in total. The lowest BCUT2D eigenvalue weighted by Crippen LogP contribution is -2.10. The van der Waals surface area contributed by atoms with Gasteiger partial charge in [-0.15, -0.1) is 10.2 Å². The number of fused-ring (bicyclic) bond motifs is 1. The number of hydrogen-bond acceptors (Lipinski definition) is 4. The topological polar surface area (TPSA) is 71.4 Å². The van der Waals surface area contributed by atoms with E-state index in [4.69, 9.17) is 0 Å². The minimum Gasteiger partial charge on any atom is -0.370 e. The van der Waals surface area contributed by atoms with E-state index in [9.17, 15) is 0 Å². The molecule has 0 aliphatic carbocycles. The molecule has 0 unspecified atom stereocenters. The quantitative estimate of drug-likeness (QED) is 0.730. The third kappa shape index (κ3) is 2.42. The Morgan fingerprint density at radius 2 is 2.26 bits per heavy atom. The molecule has 0 bridgehead atoms. The fourth-order valence-electron chi connectivity index (χ4n) is 2.07. The molecule has 0 saturated heterocycles. The van der Waals surface area contributed by atoms with Crippen LogP contribution in [-0.4, -0.2) is 31.3 Å². The Kier molecular flexibility index (Phi) is 3.14. The summed E-state index contributed by atoms with van der Waals surface area (Å²) in [6.07, 6.45) is 4.49. The van der Waals surface area contributed by atoms with Crippen molar-refractivity contribution in [1.82, 2.24) is 24.7 Å². The monoisotopic (exact) mass is 256 g/mol. The van der Waals surface area contributed by atoms with Gasteiger partial charge < -0.3 is 14.9 Å². The van der Waals surface area contributed by atoms with E-state index in [1.807, 2.05) is 22.9 Å². The number of H-pyrrole nitrogens is 1. The molecule has 0 radical (unpaired) electrons. The molecule has 0 fully saturated rings. The Balaban J connectivity index is 1.62. The predicted molar refractivity (Wildman–Crippen MR) is 74.0 cm³/mol. The lowest BCUT2D eigenvalue weighted by Gasteiger charge is -2.06. The number of pyridine rings is 1. The minimum absolute atomic E-state index is 0.790. The van der Waals surface area contributed by atoms with E-state index in [2.05, 4.69) is 38.5 Å². The van der Waals surface area contributed by atoms with Crippen LogP contribution in [0.3, 0.4) is 0 Å². The van der Waals surface area contributed by atoms with Crippen LogP contribution in [0, 0.1) is 0 Å². The third-order valence-corrected chi connectivity index (χ3v) is 3.10. The number of hydrogen-bond donors (Lipinski definition) is 2. The highest BCUT2D eigenvalue weighted by Crippen LogP contribution is 2.13. The summed E-state index contributed by atoms with van der Waals surface area (Å²) < 4.78 is 2.04. The van der Waals surface area contributed by atoms with Crippen LogP contribution in [0.25, 0.3) is 11.0 Å². The smallest absolute Gasteiger partial charge is 0.139 e. The minimum atomic E-state index is 0.790. The first kappa shape index (κ1) is 11.7. The van der Waals surface area contributed by atoms with Crippen LogP contribution in [0.1, 0.15) is 12.7 Å².